The van der Waals surface area contributed by atoms with Gasteiger partial charge in [0.15, 0.2) is 35.3 Å². The number of amides is 2. The number of para-hydroxylation sites is 4. The van der Waals surface area contributed by atoms with E-state index in [1.807, 2.05) is 95.3 Å². The molecular weight excluding hydrogens is 1090 g/mol. The number of carbonyl (C=O) groups is 3. The lowest BCUT2D eigenvalue weighted by atomic mass is 10.1. The third-order valence-corrected chi connectivity index (χ3v) is 18.0. The highest BCUT2D eigenvalue weighted by Gasteiger charge is 2.18. The van der Waals surface area contributed by atoms with E-state index in [0.29, 0.717) is 22.7 Å². The van der Waals surface area contributed by atoms with Crippen LogP contribution in [0.4, 0.5) is 22.7 Å². The summed E-state index contributed by atoms with van der Waals surface area (Å²) < 4.78 is 75.6. The van der Waals surface area contributed by atoms with Gasteiger partial charge in [-0.25, -0.2) is 25.3 Å². The van der Waals surface area contributed by atoms with Crippen molar-refractivity contribution in [2.75, 3.05) is 22.1 Å². The van der Waals surface area contributed by atoms with Crippen LogP contribution >= 0.6 is 0 Å². The van der Waals surface area contributed by atoms with E-state index in [1.54, 1.807) is 140 Å². The first-order valence-electron chi connectivity index (χ1n) is 25.9. The van der Waals surface area contributed by atoms with Crippen molar-refractivity contribution < 1.29 is 39.6 Å². The Morgan fingerprint density at radius 2 is 0.707 bits per heavy atom. The molecule has 82 heavy (non-hydrogen) atoms. The lowest BCUT2D eigenvalue weighted by Crippen LogP contribution is -2.09. The van der Waals surface area contributed by atoms with Crippen molar-refractivity contribution in [3.05, 3.63) is 261 Å². The molecule has 0 aliphatic rings. The fourth-order valence-electron chi connectivity index (χ4n) is 7.87. The molecular formula is C66H66N4O9S3. The van der Waals surface area contributed by atoms with Crippen LogP contribution in [0.5, 0.6) is 0 Å². The van der Waals surface area contributed by atoms with Gasteiger partial charge in [-0.15, -0.1) is 0 Å². The molecule has 0 aliphatic carbocycles. The summed E-state index contributed by atoms with van der Waals surface area (Å²) >= 11 is 0. The van der Waals surface area contributed by atoms with Crippen molar-refractivity contribution in [3.8, 4) is 0 Å². The van der Waals surface area contributed by atoms with E-state index in [2.05, 4.69) is 10.6 Å². The second kappa shape index (κ2) is 28.5. The number of hydrogen-bond donors (Lipinski definition) is 4. The standard InChI is InChI=1S/C24H24N2O3S.C23H22N2O3S.C19H20O3S/c1-17-7-8-20(15-18(17)2)16-30(28,29)21-12-9-19(10-13-21)11-14-24(27)26-23-6-4-3-5-22(23)25;1-17-6-8-19(9-7-17)16-29(27,28)20-13-10-18(11-14-20)12-15-23(26)25-22-5-3-2-4-21(22)24;1-14-4-6-18(12-15(14)2)13-23(21,22)19-10-8-17(9-11-19)7-5-16(3)20/h3-15H,16,25H2,1-2H3,(H,26,27);2-15H,16,24H2,1H3,(H,25,26);4-12H,13H2,1-3H3/b14-11+;15-12+;7-5+. The van der Waals surface area contributed by atoms with Crippen LogP contribution in [0, 0.1) is 34.6 Å². The Hall–Kier alpha value is -8.96. The van der Waals surface area contributed by atoms with Gasteiger partial charge in [-0.05, 0) is 176 Å². The van der Waals surface area contributed by atoms with Crippen LogP contribution < -0.4 is 22.1 Å². The minimum absolute atomic E-state index is 0.0171. The van der Waals surface area contributed by atoms with Crippen molar-refractivity contribution in [1.82, 2.24) is 0 Å². The van der Waals surface area contributed by atoms with Gasteiger partial charge in [0, 0.05) is 12.2 Å². The molecule has 6 N–H and O–H groups in total. The molecule has 8 rings (SSSR count). The predicted molar refractivity (Wildman–Crippen MR) is 332 cm³/mol. The van der Waals surface area contributed by atoms with E-state index in [0.717, 1.165) is 61.2 Å². The van der Waals surface area contributed by atoms with E-state index in [9.17, 15) is 39.6 Å². The Balaban J connectivity index is 0.000000200. The van der Waals surface area contributed by atoms with E-state index in [4.69, 9.17) is 11.5 Å². The maximum atomic E-state index is 12.7. The van der Waals surface area contributed by atoms with Gasteiger partial charge < -0.3 is 22.1 Å². The molecule has 16 heteroatoms. The summed E-state index contributed by atoms with van der Waals surface area (Å²) in [5.41, 5.74) is 23.7. The van der Waals surface area contributed by atoms with E-state index < -0.39 is 29.5 Å². The molecule has 0 saturated heterocycles. The number of aryl methyl sites for hydroxylation is 5. The second-order valence-electron chi connectivity index (χ2n) is 19.6. The summed E-state index contributed by atoms with van der Waals surface area (Å²) in [4.78, 5) is 35.8. The normalized spacial score (nSPS) is 11.6. The molecule has 0 aliphatic heterocycles. The molecule has 2 amide bonds. The van der Waals surface area contributed by atoms with Gasteiger partial charge in [0.05, 0.1) is 54.7 Å². The Labute approximate surface area is 481 Å². The topological polar surface area (TPSA) is 230 Å². The fourth-order valence-corrected chi connectivity index (χ4v) is 11.9. The number of nitrogens with two attached hydrogens (primary N) is 2. The van der Waals surface area contributed by atoms with Gasteiger partial charge >= 0.3 is 0 Å². The van der Waals surface area contributed by atoms with Crippen molar-refractivity contribution in [3.63, 3.8) is 0 Å². The molecule has 0 fully saturated rings. The summed E-state index contributed by atoms with van der Waals surface area (Å²) in [5.74, 6) is -0.806. The van der Waals surface area contributed by atoms with Gasteiger partial charge in [-0.3, -0.25) is 14.4 Å². The summed E-state index contributed by atoms with van der Waals surface area (Å²) in [6, 6.07) is 52.3. The first kappa shape index (κ1) is 62.2. The predicted octanol–water partition coefficient (Wildman–Crippen LogP) is 12.6. The summed E-state index contributed by atoms with van der Waals surface area (Å²) in [6.45, 7) is 11.4. The molecule has 0 saturated carbocycles. The molecule has 0 aromatic heterocycles. The van der Waals surface area contributed by atoms with E-state index in [1.165, 1.54) is 25.2 Å². The largest absolute Gasteiger partial charge is 0.397 e. The zero-order chi connectivity index (χ0) is 59.6. The third-order valence-electron chi connectivity index (χ3n) is 12.9. The molecule has 0 unspecified atom stereocenters. The first-order valence-corrected chi connectivity index (χ1v) is 30.8. The van der Waals surface area contributed by atoms with Crippen LogP contribution in [0.3, 0.4) is 0 Å². The van der Waals surface area contributed by atoms with Crippen molar-refractivity contribution in [2.45, 2.75) is 73.5 Å². The SMILES string of the molecule is CC(=O)/C=C/c1ccc(S(=O)(=O)Cc2ccc(C)c(C)c2)cc1.Cc1ccc(CS(=O)(=O)c2ccc(/C=C/C(=O)Nc3ccccc3N)cc2)cc1.Cc1ccc(CS(=O)(=O)c2ccc(/C=C/C(=O)Nc3ccccc3N)cc2)cc1C. The highest BCUT2D eigenvalue weighted by atomic mass is 32.2. The molecule has 0 spiro atoms. The number of ketones is 1. The zero-order valence-corrected chi connectivity index (χ0v) is 48.9. The molecule has 0 heterocycles. The van der Waals surface area contributed by atoms with E-state index >= 15 is 0 Å². The Bertz CT molecular complexity index is 4010. The van der Waals surface area contributed by atoms with Gasteiger partial charge in [0.25, 0.3) is 0 Å². The number of nitrogen functional groups attached to an aromatic ring is 2. The number of sulfone groups is 3. The van der Waals surface area contributed by atoms with Crippen LogP contribution in [-0.2, 0) is 61.2 Å². The van der Waals surface area contributed by atoms with Crippen molar-refractivity contribution in [2.24, 2.45) is 0 Å². The second-order valence-corrected chi connectivity index (χ2v) is 25.5. The minimum atomic E-state index is -3.45. The number of allylic oxidation sites excluding steroid dienone is 1. The Morgan fingerprint density at radius 3 is 1.04 bits per heavy atom. The maximum Gasteiger partial charge on any atom is 0.248 e. The minimum Gasteiger partial charge on any atom is -0.397 e. The number of hydrogen-bond acceptors (Lipinski definition) is 11. The summed E-state index contributed by atoms with van der Waals surface area (Å²) in [6.07, 6.45) is 9.12. The maximum absolute atomic E-state index is 12.7. The smallest absolute Gasteiger partial charge is 0.248 e. The number of rotatable bonds is 17. The number of anilines is 4. The molecule has 13 nitrogen and oxygen atoms in total. The van der Waals surface area contributed by atoms with Crippen LogP contribution in [0.1, 0.15) is 68.1 Å². The molecule has 0 radical (unpaired) electrons. The van der Waals surface area contributed by atoms with Crippen LogP contribution in [0.2, 0.25) is 0 Å². The summed E-state index contributed by atoms with van der Waals surface area (Å²) in [5, 5.41) is 5.41. The van der Waals surface area contributed by atoms with Crippen LogP contribution in [0.15, 0.2) is 215 Å². The van der Waals surface area contributed by atoms with Crippen LogP contribution in [-0.4, -0.2) is 42.9 Å². The Kier molecular flexibility index (Phi) is 21.6. The van der Waals surface area contributed by atoms with Crippen molar-refractivity contribution >= 4 is 88.1 Å². The molecule has 8 aromatic rings. The van der Waals surface area contributed by atoms with Crippen molar-refractivity contribution in [1.29, 1.82) is 0 Å². The molecule has 0 bridgehead atoms. The fraction of sp³-hybridized carbons (Fsp3) is 0.136. The van der Waals surface area contributed by atoms with Crippen LogP contribution in [0.25, 0.3) is 18.2 Å². The monoisotopic (exact) mass is 1150 g/mol. The first-order chi connectivity index (χ1) is 38.8. The van der Waals surface area contributed by atoms with Gasteiger partial charge in [-0.1, -0.05) is 133 Å². The third kappa shape index (κ3) is 19.1. The number of benzene rings is 8. The van der Waals surface area contributed by atoms with Gasteiger partial charge in [0.1, 0.15) is 0 Å². The number of carbonyl (C=O) groups excluding carboxylic acids is 3. The molecule has 0 atom stereocenters. The average Bonchev–Trinajstić information content (AvgIpc) is 3.51. The average molecular weight is 1160 g/mol. The molecule has 422 valence electrons. The van der Waals surface area contributed by atoms with E-state index in [-0.39, 0.29) is 49.5 Å². The lowest BCUT2D eigenvalue weighted by molar-refractivity contribution is -0.113. The van der Waals surface area contributed by atoms with Gasteiger partial charge in [0.2, 0.25) is 11.8 Å². The zero-order valence-electron chi connectivity index (χ0n) is 46.5. The lowest BCUT2D eigenvalue weighted by Gasteiger charge is -2.08. The Morgan fingerprint density at radius 1 is 0.390 bits per heavy atom. The highest BCUT2D eigenvalue weighted by molar-refractivity contribution is 7.91. The quantitative estimate of drug-likeness (QED) is 0.0495. The van der Waals surface area contributed by atoms with Gasteiger partial charge in [-0.2, -0.15) is 0 Å². The highest BCUT2D eigenvalue weighted by Crippen LogP contribution is 2.24. The number of nitrogens with one attached hydrogen (secondary N) is 2. The molecule has 8 aromatic carbocycles. The summed E-state index contributed by atoms with van der Waals surface area (Å²) in [7, 11) is -10.3.